The van der Waals surface area contributed by atoms with Gasteiger partial charge in [-0.15, -0.1) is 0 Å². The van der Waals surface area contributed by atoms with Crippen LogP contribution in [0.5, 0.6) is 17.5 Å². The lowest BCUT2D eigenvalue weighted by atomic mass is 9.94. The van der Waals surface area contributed by atoms with Gasteiger partial charge in [0.05, 0.1) is 40.4 Å². The summed E-state index contributed by atoms with van der Waals surface area (Å²) in [5.74, 6) is 2.67. The van der Waals surface area contributed by atoms with Gasteiger partial charge in [-0.05, 0) is 90.0 Å². The van der Waals surface area contributed by atoms with Gasteiger partial charge in [0, 0.05) is 64.9 Å². The van der Waals surface area contributed by atoms with Gasteiger partial charge in [-0.1, -0.05) is 32.0 Å². The molecule has 0 spiro atoms. The Morgan fingerprint density at radius 1 is 0.814 bits per heavy atom. The van der Waals surface area contributed by atoms with Crippen molar-refractivity contribution in [1.29, 1.82) is 0 Å². The van der Waals surface area contributed by atoms with E-state index in [1.807, 2.05) is 68.8 Å². The first-order chi connectivity index (χ1) is 28.4. The Kier molecular flexibility index (Phi) is 14.9. The third-order valence-corrected chi connectivity index (χ3v) is 10.6. The Bertz CT molecular complexity index is 2430. The van der Waals surface area contributed by atoms with Crippen molar-refractivity contribution in [3.63, 3.8) is 0 Å². The molecule has 1 aliphatic heterocycles. The van der Waals surface area contributed by atoms with E-state index in [-0.39, 0.29) is 11.5 Å². The number of nitrogens with zero attached hydrogens (tertiary/aromatic N) is 7. The maximum Gasteiger partial charge on any atom is 0.456 e. The molecule has 2 aromatic carbocycles. The summed E-state index contributed by atoms with van der Waals surface area (Å²) in [6.45, 7) is 10.5. The Morgan fingerprint density at radius 3 is 2.17 bits per heavy atom. The van der Waals surface area contributed by atoms with Gasteiger partial charge in [0.2, 0.25) is 5.91 Å². The SMILES string of the molecule is CCOc1n(C)c2cccc(C(=O)O)c2[n+]1C.CCc1cc(OC)c2c(n1)CCCC2.CCc1cc(OC)c2ccccc2n1.Cc1nc(C)c2c(n1)N(C)C(=O)CC2. The van der Waals surface area contributed by atoms with Crippen molar-refractivity contribution in [1.82, 2.24) is 24.5 Å². The number of carboxylic acid groups (broad SMARTS) is 1. The number of hydrogen-bond donors (Lipinski definition) is 1. The number of carboxylic acids is 1. The van der Waals surface area contributed by atoms with Crippen molar-refractivity contribution in [3.05, 3.63) is 99.9 Å². The zero-order valence-corrected chi connectivity index (χ0v) is 36.2. The molecule has 59 heavy (non-hydrogen) atoms. The molecule has 0 atom stereocenters. The van der Waals surface area contributed by atoms with Crippen LogP contribution in [0, 0.1) is 13.8 Å². The van der Waals surface area contributed by atoms with Gasteiger partial charge in [-0.25, -0.2) is 14.8 Å². The normalized spacial score (nSPS) is 12.8. The number of aryl methyl sites for hydroxylation is 7. The summed E-state index contributed by atoms with van der Waals surface area (Å²) in [4.78, 5) is 42.0. The topological polar surface area (TPSA) is 146 Å². The summed E-state index contributed by atoms with van der Waals surface area (Å²) in [5.41, 5.74) is 9.74. The van der Waals surface area contributed by atoms with E-state index < -0.39 is 5.97 Å². The maximum absolute atomic E-state index is 11.4. The van der Waals surface area contributed by atoms with E-state index in [0.29, 0.717) is 24.6 Å². The third-order valence-electron chi connectivity index (χ3n) is 10.6. The minimum absolute atomic E-state index is 0.134. The number of fused-ring (bicyclic) bond motifs is 4. The molecule has 2 aliphatic rings. The molecule has 13 nitrogen and oxygen atoms in total. The van der Waals surface area contributed by atoms with E-state index in [1.165, 1.54) is 24.1 Å². The van der Waals surface area contributed by atoms with E-state index in [4.69, 9.17) is 14.2 Å². The number of aromatic nitrogens is 6. The van der Waals surface area contributed by atoms with Crippen molar-refractivity contribution in [3.8, 4) is 17.5 Å². The number of carbonyl (C=O) groups is 2. The van der Waals surface area contributed by atoms with Crippen LogP contribution in [0.3, 0.4) is 0 Å². The number of hydrogen-bond acceptors (Lipinski definition) is 9. The molecular formula is C46H58N7O6+. The number of ether oxygens (including phenoxy) is 3. The van der Waals surface area contributed by atoms with Gasteiger partial charge in [-0.2, -0.15) is 9.13 Å². The lowest BCUT2D eigenvalue weighted by Crippen LogP contribution is -2.33. The van der Waals surface area contributed by atoms with Crippen LogP contribution >= 0.6 is 0 Å². The van der Waals surface area contributed by atoms with Gasteiger partial charge >= 0.3 is 12.0 Å². The minimum Gasteiger partial charge on any atom is -0.496 e. The molecule has 0 saturated carbocycles. The summed E-state index contributed by atoms with van der Waals surface area (Å²) in [7, 11) is 8.88. The van der Waals surface area contributed by atoms with E-state index in [1.54, 1.807) is 49.9 Å². The number of methoxy groups -OCH3 is 2. The molecule has 1 amide bonds. The van der Waals surface area contributed by atoms with Crippen LogP contribution in [-0.4, -0.2) is 69.4 Å². The van der Waals surface area contributed by atoms with Crippen LogP contribution < -0.4 is 23.7 Å². The van der Waals surface area contributed by atoms with Crippen LogP contribution in [0.4, 0.5) is 5.82 Å². The third kappa shape index (κ3) is 9.96. The van der Waals surface area contributed by atoms with Crippen molar-refractivity contribution < 1.29 is 33.5 Å². The first-order valence-corrected chi connectivity index (χ1v) is 20.3. The Balaban J connectivity index is 0.000000150. The van der Waals surface area contributed by atoms with Crippen molar-refractivity contribution in [2.75, 3.05) is 32.8 Å². The molecule has 8 rings (SSSR count). The molecular weight excluding hydrogens is 747 g/mol. The van der Waals surface area contributed by atoms with E-state index in [2.05, 4.69) is 39.8 Å². The quantitative estimate of drug-likeness (QED) is 0.162. The second-order valence-corrected chi connectivity index (χ2v) is 14.4. The van der Waals surface area contributed by atoms with E-state index in [9.17, 15) is 14.7 Å². The standard InChI is InChI=1S/C12H14N2O3.C12H17NO.C12H13NO.C10H13N3O/c1-4-17-12-13(2)9-7-5-6-8(11(15)16)10(9)14(12)3;2*1-3-9-8-12(14-2)10-6-4-5-7-11(10)13-9;1-6-8-4-5-9(14)13(3)10(8)12-7(2)11-6/h5-7H,4H2,1-3H3;8H,3-7H2,1-2H3;4-8H,3H2,1-2H3;4-5H2,1-3H3/p+1. The highest BCUT2D eigenvalue weighted by atomic mass is 16.5. The second-order valence-electron chi connectivity index (χ2n) is 14.4. The van der Waals surface area contributed by atoms with Crippen molar-refractivity contribution >= 4 is 39.6 Å². The van der Waals surface area contributed by atoms with Gasteiger partial charge in [0.25, 0.3) is 0 Å². The summed E-state index contributed by atoms with van der Waals surface area (Å²) >= 11 is 0. The molecule has 0 radical (unpaired) electrons. The summed E-state index contributed by atoms with van der Waals surface area (Å²) in [6, 6.07) is 18.0. The van der Waals surface area contributed by atoms with Crippen molar-refractivity contribution in [2.45, 2.75) is 86.0 Å². The Morgan fingerprint density at radius 2 is 1.49 bits per heavy atom. The molecule has 1 aliphatic carbocycles. The average molecular weight is 805 g/mol. The molecule has 4 aromatic heterocycles. The van der Waals surface area contributed by atoms with E-state index >= 15 is 0 Å². The van der Waals surface area contributed by atoms with E-state index in [0.717, 1.165) is 94.3 Å². The van der Waals surface area contributed by atoms with Crippen LogP contribution in [0.25, 0.3) is 21.9 Å². The summed E-state index contributed by atoms with van der Waals surface area (Å²) < 4.78 is 19.9. The number of aromatic carboxylic acids is 1. The van der Waals surface area contributed by atoms with Crippen LogP contribution in [-0.2, 0) is 51.0 Å². The zero-order valence-electron chi connectivity index (χ0n) is 36.2. The Hall–Kier alpha value is -6.11. The molecule has 0 unspecified atom stereocenters. The van der Waals surface area contributed by atoms with Crippen molar-refractivity contribution in [2.24, 2.45) is 14.1 Å². The van der Waals surface area contributed by atoms with Crippen LogP contribution in [0.2, 0.25) is 0 Å². The minimum atomic E-state index is -0.931. The van der Waals surface area contributed by atoms with Gasteiger partial charge < -0.3 is 19.3 Å². The first-order valence-electron chi connectivity index (χ1n) is 20.3. The molecule has 6 aromatic rings. The number of amides is 1. The van der Waals surface area contributed by atoms with Crippen LogP contribution in [0.1, 0.15) is 90.1 Å². The number of anilines is 1. The first kappa shape index (κ1) is 44.0. The fourth-order valence-corrected chi connectivity index (χ4v) is 7.51. The highest BCUT2D eigenvalue weighted by Gasteiger charge is 2.26. The molecule has 1 N–H and O–H groups in total. The van der Waals surface area contributed by atoms with Gasteiger partial charge in [0.1, 0.15) is 28.7 Å². The number of benzene rings is 2. The predicted molar refractivity (Wildman–Crippen MR) is 230 cm³/mol. The number of carbonyl (C=O) groups excluding carboxylic acids is 1. The number of para-hydroxylation sites is 2. The highest BCUT2D eigenvalue weighted by Crippen LogP contribution is 2.30. The van der Waals surface area contributed by atoms with Crippen LogP contribution in [0.15, 0.2) is 54.6 Å². The predicted octanol–water partition coefficient (Wildman–Crippen LogP) is 7.44. The van der Waals surface area contributed by atoms with Gasteiger partial charge in [0.15, 0.2) is 11.0 Å². The maximum atomic E-state index is 11.4. The molecule has 5 heterocycles. The molecule has 0 saturated heterocycles. The fraction of sp³-hybridized carbons (Fsp3) is 0.413. The smallest absolute Gasteiger partial charge is 0.456 e. The zero-order chi connectivity index (χ0) is 42.8. The average Bonchev–Trinajstić information content (AvgIpc) is 3.49. The summed E-state index contributed by atoms with van der Waals surface area (Å²) in [6.07, 6.45) is 8.06. The van der Waals surface area contributed by atoms with Gasteiger partial charge in [-0.3, -0.25) is 19.7 Å². The monoisotopic (exact) mass is 804 g/mol. The second kappa shape index (κ2) is 20.0. The summed E-state index contributed by atoms with van der Waals surface area (Å²) in [5, 5.41) is 10.3. The Labute approximate surface area is 347 Å². The number of rotatable bonds is 7. The lowest BCUT2D eigenvalue weighted by molar-refractivity contribution is -0.652. The highest BCUT2D eigenvalue weighted by molar-refractivity contribution is 5.99. The fourth-order valence-electron chi connectivity index (χ4n) is 7.51. The largest absolute Gasteiger partial charge is 0.496 e. The molecule has 0 fully saturated rings. The molecule has 312 valence electrons. The molecule has 13 heteroatoms. The number of imidazole rings is 1. The molecule has 0 bridgehead atoms. The number of pyridine rings is 2. The lowest BCUT2D eigenvalue weighted by Gasteiger charge is -2.25.